The molecule has 7 nitrogen and oxygen atoms in total. The monoisotopic (exact) mass is 485 g/mol. The Kier molecular flexibility index (Phi) is 7.82. The minimum absolute atomic E-state index is 0.149. The van der Waals surface area contributed by atoms with Gasteiger partial charge < -0.3 is 24.5 Å². The van der Waals surface area contributed by atoms with Gasteiger partial charge in [0.2, 0.25) is 0 Å². The van der Waals surface area contributed by atoms with Crippen LogP contribution in [0.1, 0.15) is 56.0 Å². The SMILES string of the molecule is CN1CCCN(c2ccc(C(=O)O)c(N(C(=O)C(F)(F)F)C3CCOCC3)c2C(C)(C)C)CC1. The highest BCUT2D eigenvalue weighted by Gasteiger charge is 2.48. The Labute approximate surface area is 198 Å². The number of amides is 1. The van der Waals surface area contributed by atoms with Crippen molar-refractivity contribution in [2.75, 3.05) is 56.2 Å². The van der Waals surface area contributed by atoms with Crippen LogP contribution in [0.4, 0.5) is 24.5 Å². The zero-order chi connectivity index (χ0) is 25.3. The van der Waals surface area contributed by atoms with Gasteiger partial charge in [0.1, 0.15) is 0 Å². The minimum atomic E-state index is -5.15. The Balaban J connectivity index is 2.30. The number of benzene rings is 1. The van der Waals surface area contributed by atoms with Gasteiger partial charge in [-0.3, -0.25) is 4.79 Å². The Morgan fingerprint density at radius 1 is 1.06 bits per heavy atom. The molecule has 0 saturated carbocycles. The lowest BCUT2D eigenvalue weighted by atomic mass is 9.81. The van der Waals surface area contributed by atoms with Gasteiger partial charge in [-0.1, -0.05) is 20.8 Å². The maximum absolute atomic E-state index is 13.9. The number of hydrogen-bond donors (Lipinski definition) is 1. The average molecular weight is 486 g/mol. The smallest absolute Gasteiger partial charge is 0.471 e. The summed E-state index contributed by atoms with van der Waals surface area (Å²) in [4.78, 5) is 30.1. The van der Waals surface area contributed by atoms with Crippen LogP contribution in [0.3, 0.4) is 0 Å². The summed E-state index contributed by atoms with van der Waals surface area (Å²) in [6.07, 6.45) is -3.89. The molecule has 3 rings (SSSR count). The fourth-order valence-corrected chi connectivity index (χ4v) is 4.82. The molecule has 10 heteroatoms. The summed E-state index contributed by atoms with van der Waals surface area (Å²) < 4.78 is 46.9. The van der Waals surface area contributed by atoms with Crippen molar-refractivity contribution >= 4 is 23.3 Å². The molecule has 2 fully saturated rings. The van der Waals surface area contributed by atoms with E-state index in [2.05, 4.69) is 9.80 Å². The highest BCUT2D eigenvalue weighted by molar-refractivity contribution is 6.06. The first-order chi connectivity index (χ1) is 15.8. The zero-order valence-corrected chi connectivity index (χ0v) is 20.2. The largest absolute Gasteiger partial charge is 0.478 e. The number of carboxylic acids is 1. The Hall–Kier alpha value is -2.33. The van der Waals surface area contributed by atoms with Gasteiger partial charge in [-0.05, 0) is 50.4 Å². The van der Waals surface area contributed by atoms with E-state index >= 15 is 0 Å². The van der Waals surface area contributed by atoms with Crippen LogP contribution in [-0.4, -0.2) is 80.5 Å². The highest BCUT2D eigenvalue weighted by atomic mass is 19.4. The molecular formula is C24H34F3N3O4. The first-order valence-corrected chi connectivity index (χ1v) is 11.6. The van der Waals surface area contributed by atoms with E-state index < -0.39 is 29.5 Å². The fraction of sp³-hybridized carbons (Fsp3) is 0.667. The van der Waals surface area contributed by atoms with Gasteiger partial charge in [-0.15, -0.1) is 0 Å². The normalized spacial score (nSPS) is 19.1. The molecule has 0 atom stereocenters. The van der Waals surface area contributed by atoms with Crippen LogP contribution < -0.4 is 9.80 Å². The van der Waals surface area contributed by atoms with E-state index in [1.165, 1.54) is 6.07 Å². The van der Waals surface area contributed by atoms with Gasteiger partial charge in [-0.25, -0.2) is 4.79 Å². The quantitative estimate of drug-likeness (QED) is 0.698. The molecule has 0 radical (unpaired) electrons. The van der Waals surface area contributed by atoms with E-state index in [1.54, 1.807) is 6.07 Å². The predicted molar refractivity (Wildman–Crippen MR) is 124 cm³/mol. The number of likely N-dealkylation sites (N-methyl/N-ethyl adjacent to an activating group) is 1. The second-order valence-electron chi connectivity index (χ2n) is 10.1. The number of hydrogen-bond acceptors (Lipinski definition) is 5. The molecule has 0 aliphatic carbocycles. The molecular weight excluding hydrogens is 451 g/mol. The number of aromatic carboxylic acids is 1. The Morgan fingerprint density at radius 3 is 2.26 bits per heavy atom. The van der Waals surface area contributed by atoms with Gasteiger partial charge >= 0.3 is 18.1 Å². The summed E-state index contributed by atoms with van der Waals surface area (Å²) in [5.74, 6) is -3.41. The van der Waals surface area contributed by atoms with Gasteiger partial charge in [0.05, 0.1) is 11.3 Å². The van der Waals surface area contributed by atoms with Crippen LogP contribution in [-0.2, 0) is 14.9 Å². The summed E-state index contributed by atoms with van der Waals surface area (Å²) in [5.41, 5.74) is -0.0613. The van der Waals surface area contributed by atoms with Gasteiger partial charge in [0.15, 0.2) is 0 Å². The number of rotatable bonds is 4. The lowest BCUT2D eigenvalue weighted by Gasteiger charge is -2.40. The van der Waals surface area contributed by atoms with Gasteiger partial charge in [0, 0.05) is 50.1 Å². The number of ether oxygens (including phenoxy) is 1. The van der Waals surface area contributed by atoms with Crippen LogP contribution in [0.15, 0.2) is 12.1 Å². The molecule has 1 aromatic rings. The van der Waals surface area contributed by atoms with Crippen molar-refractivity contribution in [3.63, 3.8) is 0 Å². The second-order valence-corrected chi connectivity index (χ2v) is 10.1. The topological polar surface area (TPSA) is 73.3 Å². The number of halogens is 3. The number of nitrogens with zero attached hydrogens (tertiary/aromatic N) is 3. The summed E-state index contributed by atoms with van der Waals surface area (Å²) in [7, 11) is 2.02. The van der Waals surface area contributed by atoms with Crippen LogP contribution in [0.25, 0.3) is 0 Å². The molecule has 2 aliphatic heterocycles. The van der Waals surface area contributed by atoms with Gasteiger partial charge in [-0.2, -0.15) is 13.2 Å². The van der Waals surface area contributed by atoms with E-state index in [4.69, 9.17) is 4.74 Å². The molecule has 1 aromatic carbocycles. The van der Waals surface area contributed by atoms with Crippen LogP contribution >= 0.6 is 0 Å². The number of carboxylic acid groups (broad SMARTS) is 1. The molecule has 190 valence electrons. The molecule has 2 saturated heterocycles. The molecule has 34 heavy (non-hydrogen) atoms. The van der Waals surface area contributed by atoms with Crippen molar-refractivity contribution in [1.82, 2.24) is 4.90 Å². The number of anilines is 2. The van der Waals surface area contributed by atoms with E-state index in [9.17, 15) is 27.9 Å². The lowest BCUT2D eigenvalue weighted by molar-refractivity contribution is -0.171. The van der Waals surface area contributed by atoms with Crippen molar-refractivity contribution in [3.05, 3.63) is 23.3 Å². The molecule has 1 amide bonds. The first-order valence-electron chi connectivity index (χ1n) is 11.6. The van der Waals surface area contributed by atoms with Crippen LogP contribution in [0.2, 0.25) is 0 Å². The van der Waals surface area contributed by atoms with E-state index in [0.29, 0.717) is 29.2 Å². The maximum atomic E-state index is 13.9. The van der Waals surface area contributed by atoms with Crippen molar-refractivity contribution in [2.45, 2.75) is 57.7 Å². The minimum Gasteiger partial charge on any atom is -0.478 e. The third-order valence-electron chi connectivity index (χ3n) is 6.45. The van der Waals surface area contributed by atoms with Crippen molar-refractivity contribution in [3.8, 4) is 0 Å². The molecule has 0 spiro atoms. The number of carbonyl (C=O) groups excluding carboxylic acids is 1. The lowest BCUT2D eigenvalue weighted by Crippen LogP contribution is -2.51. The maximum Gasteiger partial charge on any atom is 0.471 e. The molecule has 1 N–H and O–H groups in total. The number of carbonyl (C=O) groups is 2. The average Bonchev–Trinajstić information content (AvgIpc) is 2.97. The molecule has 2 heterocycles. The van der Waals surface area contributed by atoms with E-state index in [1.807, 2.05) is 27.8 Å². The highest BCUT2D eigenvalue weighted by Crippen LogP contribution is 2.44. The van der Waals surface area contributed by atoms with Gasteiger partial charge in [0.25, 0.3) is 0 Å². The Bertz CT molecular complexity index is 908. The predicted octanol–water partition coefficient (Wildman–Crippen LogP) is 3.90. The van der Waals surface area contributed by atoms with Crippen molar-refractivity contribution in [2.24, 2.45) is 0 Å². The molecule has 0 aromatic heterocycles. The summed E-state index contributed by atoms with van der Waals surface area (Å²) in [6.45, 7) is 8.92. The van der Waals surface area contributed by atoms with Crippen LogP contribution in [0.5, 0.6) is 0 Å². The third-order valence-corrected chi connectivity index (χ3v) is 6.45. The zero-order valence-electron chi connectivity index (χ0n) is 20.2. The van der Waals surface area contributed by atoms with Crippen molar-refractivity contribution in [1.29, 1.82) is 0 Å². The molecule has 0 bridgehead atoms. The standard InChI is InChI=1S/C24H34F3N3O4/c1-23(2,3)19-18(29-11-5-10-28(4)12-13-29)7-6-17(21(31)32)20(19)30(22(33)24(25,26)27)16-8-14-34-15-9-16/h6-7,16H,5,8-15H2,1-4H3,(H,31,32). The molecule has 0 unspecified atom stereocenters. The van der Waals surface area contributed by atoms with E-state index in [-0.39, 0.29) is 37.3 Å². The summed E-state index contributed by atoms with van der Waals surface area (Å²) >= 11 is 0. The summed E-state index contributed by atoms with van der Waals surface area (Å²) in [5, 5.41) is 10.0. The number of alkyl halides is 3. The third kappa shape index (κ3) is 5.66. The summed E-state index contributed by atoms with van der Waals surface area (Å²) in [6, 6.07) is 2.21. The van der Waals surface area contributed by atoms with Crippen LogP contribution in [0, 0.1) is 0 Å². The second kappa shape index (κ2) is 10.1. The Morgan fingerprint density at radius 2 is 1.71 bits per heavy atom. The van der Waals surface area contributed by atoms with E-state index in [0.717, 1.165) is 19.5 Å². The first kappa shape index (κ1) is 26.3. The fourth-order valence-electron chi connectivity index (χ4n) is 4.82. The molecule has 2 aliphatic rings. The van der Waals surface area contributed by atoms with Crippen molar-refractivity contribution < 1.29 is 32.6 Å².